The number of aromatic nitrogens is 2. The van der Waals surface area contributed by atoms with Crippen LogP contribution < -0.4 is 22.2 Å². The fourth-order valence-electron chi connectivity index (χ4n) is 4.83. The van der Waals surface area contributed by atoms with Crippen molar-refractivity contribution in [2.75, 3.05) is 14.1 Å². The normalized spacial score (nSPS) is 12.6. The van der Waals surface area contributed by atoms with Gasteiger partial charge in [-0.1, -0.05) is 59.4 Å². The standard InChI is InChI=1S/C12H8N2O4.2C9H7NO2.C3H8.2CH4/c1-13-9(15)5-3-7-8(4-6(5)10(13)16)12(18)14(2)11(7)17;2*1-10-8(11)6-4-2-3-5-7(6)9(10)12;1-3-2;;/h3-4H,1-2H3;2*2-5H,1H3;3H2,1-2H3;2*1H4. The van der Waals surface area contributed by atoms with Gasteiger partial charge in [-0.05, 0) is 36.4 Å². The van der Waals surface area contributed by atoms with Crippen LogP contribution in [0.2, 0.25) is 0 Å². The molecule has 2 aliphatic heterocycles. The topological polar surface area (TPSA) is 153 Å². The van der Waals surface area contributed by atoms with Crippen LogP contribution in [0.25, 0.3) is 21.5 Å². The third kappa shape index (κ3) is 6.35. The Hall–Kier alpha value is -5.78. The number of amides is 4. The zero-order valence-corrected chi connectivity index (χ0v) is 25.5. The van der Waals surface area contributed by atoms with E-state index >= 15 is 0 Å². The van der Waals surface area contributed by atoms with E-state index in [0.29, 0.717) is 22.3 Å². The number of imide groups is 2. The minimum Gasteiger partial charge on any atom is -0.277 e. The molecule has 0 radical (unpaired) electrons. The molecule has 0 saturated heterocycles. The second-order valence-corrected chi connectivity index (χ2v) is 10.4. The molecule has 0 aliphatic carbocycles. The second-order valence-electron chi connectivity index (χ2n) is 10.4. The first-order valence-electron chi connectivity index (χ1n) is 13.9. The molecular formula is C35H38N4O8. The fraction of sp³-hybridized carbons (Fsp3) is 0.257. The lowest BCUT2D eigenvalue weighted by molar-refractivity contribution is 0.0678. The minimum atomic E-state index is -0.451. The Labute approximate surface area is 270 Å². The first kappa shape index (κ1) is 37.4. The van der Waals surface area contributed by atoms with Gasteiger partial charge in [0.15, 0.2) is 0 Å². The lowest BCUT2D eigenvalue weighted by Crippen LogP contribution is -2.24. The van der Waals surface area contributed by atoms with Crippen molar-refractivity contribution in [2.24, 2.45) is 14.1 Å². The molecule has 4 heterocycles. The molecule has 3 aromatic carbocycles. The number of nitrogens with zero attached hydrogens (tertiary/aromatic N) is 4. The molecule has 246 valence electrons. The predicted octanol–water partition coefficient (Wildman–Crippen LogP) is 3.50. The molecule has 47 heavy (non-hydrogen) atoms. The number of benzene rings is 3. The quantitative estimate of drug-likeness (QED) is 0.233. The molecule has 7 rings (SSSR count). The summed E-state index contributed by atoms with van der Waals surface area (Å²) < 4.78 is 1.94. The third-order valence-electron chi connectivity index (χ3n) is 7.29. The Morgan fingerprint density at radius 2 is 0.617 bits per heavy atom. The second kappa shape index (κ2) is 14.5. The van der Waals surface area contributed by atoms with Gasteiger partial charge >= 0.3 is 0 Å². The fourth-order valence-corrected chi connectivity index (χ4v) is 4.83. The number of rotatable bonds is 0. The molecule has 0 fully saturated rings. The summed E-state index contributed by atoms with van der Waals surface area (Å²) in [6.07, 6.45) is 1.25. The van der Waals surface area contributed by atoms with Crippen LogP contribution in [-0.2, 0) is 14.1 Å². The Balaban J connectivity index is 0.000000236. The van der Waals surface area contributed by atoms with Gasteiger partial charge in [-0.15, -0.1) is 0 Å². The Kier molecular flexibility index (Phi) is 11.6. The van der Waals surface area contributed by atoms with Crippen molar-refractivity contribution >= 4 is 45.2 Å². The molecule has 0 bridgehead atoms. The van der Waals surface area contributed by atoms with Gasteiger partial charge in [-0.25, -0.2) is 0 Å². The molecule has 2 aliphatic rings. The maximum absolute atomic E-state index is 11.8. The SMILES string of the molecule is C.C.CCC.CN1C(=O)c2ccccc2C1=O.CN1C(=O)c2ccccc2C1=O.Cn1c(=O)c2cc3c(=O)n(C)c(=O)c3cc2c1=O. The van der Waals surface area contributed by atoms with E-state index in [2.05, 4.69) is 13.8 Å². The van der Waals surface area contributed by atoms with Gasteiger partial charge in [0.2, 0.25) is 0 Å². The van der Waals surface area contributed by atoms with Crippen molar-refractivity contribution in [1.29, 1.82) is 0 Å². The first-order valence-corrected chi connectivity index (χ1v) is 13.9. The van der Waals surface area contributed by atoms with E-state index in [-0.39, 0.29) is 60.0 Å². The van der Waals surface area contributed by atoms with Gasteiger partial charge in [0, 0.05) is 28.2 Å². The highest BCUT2D eigenvalue weighted by Gasteiger charge is 2.32. The van der Waals surface area contributed by atoms with Crippen LogP contribution in [0.5, 0.6) is 0 Å². The van der Waals surface area contributed by atoms with Gasteiger partial charge < -0.3 is 0 Å². The van der Waals surface area contributed by atoms with E-state index in [1.807, 2.05) is 0 Å². The van der Waals surface area contributed by atoms with E-state index in [9.17, 15) is 38.4 Å². The van der Waals surface area contributed by atoms with Crippen molar-refractivity contribution < 1.29 is 19.2 Å². The maximum atomic E-state index is 11.8. The van der Waals surface area contributed by atoms with Gasteiger partial charge in [0.05, 0.1) is 43.8 Å². The van der Waals surface area contributed by atoms with Crippen LogP contribution in [0, 0.1) is 0 Å². The summed E-state index contributed by atoms with van der Waals surface area (Å²) in [7, 11) is 5.71. The average molecular weight is 643 g/mol. The Morgan fingerprint density at radius 3 is 0.809 bits per heavy atom. The highest BCUT2D eigenvalue weighted by Crippen LogP contribution is 2.21. The molecule has 0 N–H and O–H groups in total. The molecule has 2 aromatic heterocycles. The number of carbonyl (C=O) groups is 4. The molecular weight excluding hydrogens is 604 g/mol. The summed E-state index contributed by atoms with van der Waals surface area (Å²) in [5, 5.41) is 0.714. The largest absolute Gasteiger partial charge is 0.277 e. The van der Waals surface area contributed by atoms with E-state index in [0.717, 1.165) is 18.9 Å². The molecule has 0 atom stereocenters. The summed E-state index contributed by atoms with van der Waals surface area (Å²) in [4.78, 5) is 94.6. The number of hydrogen-bond acceptors (Lipinski definition) is 8. The molecule has 0 unspecified atom stereocenters. The van der Waals surface area contributed by atoms with E-state index in [1.54, 1.807) is 48.5 Å². The summed E-state index contributed by atoms with van der Waals surface area (Å²) in [6, 6.07) is 16.3. The monoisotopic (exact) mass is 642 g/mol. The highest BCUT2D eigenvalue weighted by molar-refractivity contribution is 6.21. The van der Waals surface area contributed by atoms with Gasteiger partial charge in [-0.3, -0.25) is 57.3 Å². The highest BCUT2D eigenvalue weighted by atomic mass is 16.2. The maximum Gasteiger partial charge on any atom is 0.261 e. The number of fused-ring (bicyclic) bond motifs is 4. The van der Waals surface area contributed by atoms with Gasteiger partial charge in [0.1, 0.15) is 0 Å². The van der Waals surface area contributed by atoms with E-state index in [4.69, 9.17) is 0 Å². The third-order valence-corrected chi connectivity index (χ3v) is 7.29. The number of carbonyl (C=O) groups excluding carboxylic acids is 4. The van der Waals surface area contributed by atoms with Crippen LogP contribution in [0.1, 0.15) is 76.6 Å². The van der Waals surface area contributed by atoms with Crippen LogP contribution in [-0.4, -0.2) is 56.7 Å². The smallest absolute Gasteiger partial charge is 0.261 e. The first-order chi connectivity index (χ1) is 21.3. The Morgan fingerprint density at radius 1 is 0.426 bits per heavy atom. The van der Waals surface area contributed by atoms with E-state index < -0.39 is 22.2 Å². The molecule has 12 heteroatoms. The van der Waals surface area contributed by atoms with Gasteiger partial charge in [-0.2, -0.15) is 0 Å². The molecule has 12 nitrogen and oxygen atoms in total. The van der Waals surface area contributed by atoms with E-state index in [1.165, 1.54) is 46.7 Å². The van der Waals surface area contributed by atoms with Crippen molar-refractivity contribution in [1.82, 2.24) is 18.9 Å². The molecule has 0 spiro atoms. The predicted molar refractivity (Wildman–Crippen MR) is 182 cm³/mol. The van der Waals surface area contributed by atoms with Gasteiger partial charge in [0.25, 0.3) is 45.9 Å². The Bertz CT molecular complexity index is 1930. The zero-order chi connectivity index (χ0) is 33.3. The summed E-state index contributed by atoms with van der Waals surface area (Å²) in [6.45, 7) is 4.25. The van der Waals surface area contributed by atoms with Crippen molar-refractivity contribution in [2.45, 2.75) is 35.1 Å². The van der Waals surface area contributed by atoms with Crippen LogP contribution in [0.4, 0.5) is 0 Å². The molecule has 5 aromatic rings. The average Bonchev–Trinajstić information content (AvgIpc) is 3.59. The van der Waals surface area contributed by atoms with Crippen LogP contribution in [0.3, 0.4) is 0 Å². The number of hydrogen-bond donors (Lipinski definition) is 0. The lowest BCUT2D eigenvalue weighted by Gasteiger charge is -2.02. The summed E-state index contributed by atoms with van der Waals surface area (Å²) in [5.41, 5.74) is 0.213. The van der Waals surface area contributed by atoms with Crippen molar-refractivity contribution in [3.63, 3.8) is 0 Å². The molecule has 4 amide bonds. The van der Waals surface area contributed by atoms with Crippen LogP contribution in [0.15, 0.2) is 79.8 Å². The van der Waals surface area contributed by atoms with Crippen molar-refractivity contribution in [3.8, 4) is 0 Å². The lowest BCUT2D eigenvalue weighted by atomic mass is 10.1. The minimum absolute atomic E-state index is 0. The zero-order valence-electron chi connectivity index (χ0n) is 25.5. The van der Waals surface area contributed by atoms with Crippen molar-refractivity contribution in [3.05, 3.63) is 124 Å². The van der Waals surface area contributed by atoms with Crippen LogP contribution >= 0.6 is 0 Å². The molecule has 0 saturated carbocycles. The summed E-state index contributed by atoms with van der Waals surface area (Å²) in [5.74, 6) is -0.850. The summed E-state index contributed by atoms with van der Waals surface area (Å²) >= 11 is 0.